The summed E-state index contributed by atoms with van der Waals surface area (Å²) in [7, 11) is 5.55. The molecule has 0 saturated carbocycles. The van der Waals surface area contributed by atoms with Gasteiger partial charge in [0.25, 0.3) is 11.8 Å². The number of hydrogen-bond donors (Lipinski definition) is 5. The van der Waals surface area contributed by atoms with Crippen LogP contribution in [0.2, 0.25) is 0 Å². The van der Waals surface area contributed by atoms with E-state index < -0.39 is 95.7 Å². The SMILES string of the molecule is CC[C@H](C)[C@H](CC(=O)[C@H]1CCCCN1C)C(=O)N(Cc1ccccc1)[C@H](C[C@@H](OC(C)=O)c1nc(C(=O)N[C@@H](Cc2ccc(O)cc2)C[C@H](C)C(=O)O)cs1)C(C)C.CC[C@H](C)[C@H](CC(=O)[C@H]1CCCCN1C)C(=O)N(Cc1ccccc1)[C@H](C[C@@H](OC(C)=O)c1nc(C(=O)N[C@@H](Cc2ccc(OC)cc2)C[C@H](C)C(=O)O)cs1)C(C)C. The Balaban J connectivity index is 0.000000323. The number of likely N-dealkylation sites (tertiary alicyclic amines) is 2. The van der Waals surface area contributed by atoms with E-state index in [9.17, 15) is 53.7 Å². The van der Waals surface area contributed by atoms with Crippen molar-refractivity contribution in [3.63, 3.8) is 0 Å². The molecule has 4 heterocycles. The number of phenolic OH excluding ortho intramolecular Hbond substituents is 1. The number of rotatable bonds is 43. The van der Waals surface area contributed by atoms with Gasteiger partial charge in [0.05, 0.1) is 31.0 Å². The molecule has 2 aromatic heterocycles. The molecule has 2 aliphatic rings. The highest BCUT2D eigenvalue weighted by Gasteiger charge is 2.42. The van der Waals surface area contributed by atoms with E-state index in [0.29, 0.717) is 41.7 Å². The number of carbonyl (C=O) groups is 10. The zero-order valence-corrected chi connectivity index (χ0v) is 72.7. The van der Waals surface area contributed by atoms with Gasteiger partial charge in [-0.3, -0.25) is 57.7 Å². The number of nitrogens with zero attached hydrogens (tertiary/aromatic N) is 6. The fourth-order valence-corrected chi connectivity index (χ4v) is 17.4. The molecular weight excluding hydrogens is 1530 g/mol. The minimum atomic E-state index is -0.983. The van der Waals surface area contributed by atoms with Gasteiger partial charge < -0.3 is 50.0 Å². The lowest BCUT2D eigenvalue weighted by molar-refractivity contribution is -0.152. The molecule has 0 radical (unpaired) electrons. The van der Waals surface area contributed by atoms with Crippen LogP contribution in [-0.2, 0) is 73.8 Å². The second-order valence-electron chi connectivity index (χ2n) is 32.9. The van der Waals surface area contributed by atoms with Crippen molar-refractivity contribution in [1.82, 2.24) is 40.2 Å². The van der Waals surface area contributed by atoms with E-state index >= 15 is 9.59 Å². The molecule has 0 aliphatic carbocycles. The Hall–Kier alpha value is -9.24. The lowest BCUT2D eigenvalue weighted by Gasteiger charge is -2.40. The number of piperidine rings is 2. The maximum absolute atomic E-state index is 15.1. The molecule has 2 aliphatic heterocycles. The standard InChI is InChI=1S/C46H64N4O8S.C45H62N4O8S/c1-9-30(4)37(25-41(52)39-17-13-14-22-49(39)7)45(54)50(27-34-15-11-10-12-16-34)40(29(2)3)26-42(58-32(6)51)44-48-38(28-59-44)43(53)47-35(23-31(5)46(55)56)24-33-18-20-36(57-8)21-19-33;1-8-29(4)36(24-40(52)38-16-12-13-21-48(38)7)44(54)49(26-33-14-10-9-11-15-33)39(28(2)3)25-41(57-31(6)50)43-47-37(27-58-43)42(53)46-34(22-30(5)45(55)56)23-32-17-19-35(51)20-18-32/h10-12,15-16,18-21,28-31,35,37,39-40,42H,9,13-14,17,22-27H2,1-8H3,(H,47,53)(H,55,56);9-11,14-15,17-20,27-30,34,36,38-39,41,51H,8,12-13,16,21-26H2,1-7H3,(H,46,53)(H,55,56)/t30-,31-,35+,37-,39+,40+,42+;29-,30-,34+,36-,38+,39+,41+/m00/s1. The van der Waals surface area contributed by atoms with E-state index in [1.807, 2.05) is 164 Å². The Bertz CT molecular complexity index is 4180. The third kappa shape index (κ3) is 29.1. The minimum absolute atomic E-state index is 0.0530. The fourth-order valence-electron chi connectivity index (χ4n) is 15.8. The number of carboxylic acids is 2. The third-order valence-electron chi connectivity index (χ3n) is 23.2. The van der Waals surface area contributed by atoms with Crippen LogP contribution in [0.25, 0.3) is 0 Å². The van der Waals surface area contributed by atoms with Crippen LogP contribution < -0.4 is 15.4 Å². The summed E-state index contributed by atoms with van der Waals surface area (Å²) in [6.45, 7) is 24.4. The van der Waals surface area contributed by atoms with Gasteiger partial charge in [-0.1, -0.05) is 180 Å². The van der Waals surface area contributed by atoms with E-state index in [-0.39, 0.29) is 115 Å². The Labute approximate surface area is 699 Å². The van der Waals surface area contributed by atoms with Crippen molar-refractivity contribution in [2.45, 2.75) is 247 Å². The second-order valence-corrected chi connectivity index (χ2v) is 34.6. The summed E-state index contributed by atoms with van der Waals surface area (Å²) in [6.07, 6.45) is 7.16. The van der Waals surface area contributed by atoms with Gasteiger partial charge in [-0.05, 0) is 149 Å². The van der Waals surface area contributed by atoms with E-state index in [1.165, 1.54) is 48.7 Å². The summed E-state index contributed by atoms with van der Waals surface area (Å²) in [5.41, 5.74) is 3.79. The summed E-state index contributed by atoms with van der Waals surface area (Å²) < 4.78 is 17.1. The van der Waals surface area contributed by atoms with Crippen LogP contribution in [0.15, 0.2) is 120 Å². The van der Waals surface area contributed by atoms with Crippen LogP contribution in [0.1, 0.15) is 238 Å². The number of thiazole rings is 2. The highest BCUT2D eigenvalue weighted by Crippen LogP contribution is 2.38. The van der Waals surface area contributed by atoms with Crippen molar-refractivity contribution in [1.29, 1.82) is 0 Å². The molecule has 14 atom stereocenters. The first-order valence-corrected chi connectivity index (χ1v) is 43.3. The Morgan fingerprint density at radius 2 is 0.880 bits per heavy atom. The number of Topliss-reactive ketones (excluding diaryl/α,β-unsaturated/α-hetero) is 2. The molecule has 2 saturated heterocycles. The maximum Gasteiger partial charge on any atom is 0.306 e. The number of carbonyl (C=O) groups excluding carboxylic acids is 8. The molecule has 0 unspecified atom stereocenters. The van der Waals surface area contributed by atoms with Crippen molar-refractivity contribution in [3.8, 4) is 11.5 Å². The molecule has 24 nitrogen and oxygen atoms in total. The average Bonchev–Trinajstić information content (AvgIpc) is 1.80. The molecule has 4 amide bonds. The summed E-state index contributed by atoms with van der Waals surface area (Å²) in [6, 6.07) is 31.0. The van der Waals surface area contributed by atoms with Gasteiger partial charge in [-0.25, -0.2) is 9.97 Å². The number of hydrogen-bond acceptors (Lipinski definition) is 20. The second kappa shape index (κ2) is 46.8. The number of aromatic hydroxyl groups is 1. The molecule has 6 aromatic rings. The third-order valence-corrected chi connectivity index (χ3v) is 25.0. The van der Waals surface area contributed by atoms with Crippen molar-refractivity contribution in [2.75, 3.05) is 34.3 Å². The van der Waals surface area contributed by atoms with Crippen LogP contribution in [0.3, 0.4) is 0 Å². The number of aliphatic carboxylic acids is 2. The first-order chi connectivity index (χ1) is 55.7. The number of ketones is 2. The van der Waals surface area contributed by atoms with Crippen LogP contribution in [-0.4, -0.2) is 175 Å². The average molecular weight is 1650 g/mol. The van der Waals surface area contributed by atoms with Crippen molar-refractivity contribution >= 4 is 81.7 Å². The van der Waals surface area contributed by atoms with Gasteiger partial charge in [0.2, 0.25) is 11.8 Å². The van der Waals surface area contributed by atoms with Crippen LogP contribution in [0.5, 0.6) is 11.5 Å². The van der Waals surface area contributed by atoms with E-state index in [1.54, 1.807) is 43.9 Å². The molecular formula is C91H126N8O16S2. The lowest BCUT2D eigenvalue weighted by Crippen LogP contribution is -2.49. The highest BCUT2D eigenvalue weighted by molar-refractivity contribution is 7.10. The maximum atomic E-state index is 15.1. The highest BCUT2D eigenvalue weighted by atomic mass is 32.1. The van der Waals surface area contributed by atoms with Crippen LogP contribution in [0.4, 0.5) is 0 Å². The van der Waals surface area contributed by atoms with Gasteiger partial charge in [0, 0.05) is 99.4 Å². The van der Waals surface area contributed by atoms with Gasteiger partial charge in [0.1, 0.15) is 32.9 Å². The zero-order valence-electron chi connectivity index (χ0n) is 71.1. The van der Waals surface area contributed by atoms with Crippen LogP contribution in [0, 0.1) is 47.3 Å². The van der Waals surface area contributed by atoms with E-state index in [0.717, 1.165) is 86.7 Å². The Morgan fingerprint density at radius 3 is 1.21 bits per heavy atom. The Morgan fingerprint density at radius 1 is 0.513 bits per heavy atom. The molecule has 4 aromatic carbocycles. The number of ether oxygens (including phenoxy) is 3. The zero-order chi connectivity index (χ0) is 85.7. The van der Waals surface area contributed by atoms with Crippen LogP contribution >= 0.6 is 22.7 Å². The van der Waals surface area contributed by atoms with Crippen molar-refractivity contribution in [3.05, 3.63) is 164 Å². The van der Waals surface area contributed by atoms with E-state index in [2.05, 4.69) is 30.4 Å². The summed E-state index contributed by atoms with van der Waals surface area (Å²) >= 11 is 2.36. The quantitative estimate of drug-likeness (QED) is 0.0222. The van der Waals surface area contributed by atoms with E-state index in [4.69, 9.17) is 14.2 Å². The van der Waals surface area contributed by atoms with Gasteiger partial charge in [-0.15, -0.1) is 22.7 Å². The number of esters is 2. The van der Waals surface area contributed by atoms with Gasteiger partial charge in [0.15, 0.2) is 23.8 Å². The largest absolute Gasteiger partial charge is 0.508 e. The molecule has 5 N–H and O–H groups in total. The fraction of sp³-hybridized carbons (Fsp3) is 0.560. The minimum Gasteiger partial charge on any atom is -0.508 e. The Kier molecular flexibility index (Phi) is 38.0. The molecule has 117 heavy (non-hydrogen) atoms. The molecule has 2 fully saturated rings. The molecule has 26 heteroatoms. The number of aromatic nitrogens is 2. The number of amides is 4. The molecule has 638 valence electrons. The predicted octanol–water partition coefficient (Wildman–Crippen LogP) is 15.2. The number of phenols is 1. The normalized spacial score (nSPS) is 17.6. The van der Waals surface area contributed by atoms with Crippen molar-refractivity contribution in [2.24, 2.45) is 47.3 Å². The first kappa shape index (κ1) is 94.9. The van der Waals surface area contributed by atoms with Gasteiger partial charge in [-0.2, -0.15) is 0 Å². The number of likely N-dealkylation sites (N-methyl/N-ethyl adjacent to an activating group) is 2. The summed E-state index contributed by atoms with van der Waals surface area (Å²) in [5.74, 6) is -6.04. The van der Waals surface area contributed by atoms with Gasteiger partial charge >= 0.3 is 23.9 Å². The molecule has 8 rings (SSSR count). The lowest BCUT2D eigenvalue weighted by atomic mass is 9.82. The number of carboxylic acid groups (broad SMARTS) is 2. The predicted molar refractivity (Wildman–Crippen MR) is 453 cm³/mol. The monoisotopic (exact) mass is 1650 g/mol. The molecule has 0 spiro atoms. The topological polar surface area (TPSA) is 322 Å². The smallest absolute Gasteiger partial charge is 0.306 e. The number of methoxy groups -OCH3 is 1. The number of benzene rings is 4. The molecule has 0 bridgehead atoms. The first-order valence-electron chi connectivity index (χ1n) is 41.6. The summed E-state index contributed by atoms with van der Waals surface area (Å²) in [4.78, 5) is 151. The summed E-state index contributed by atoms with van der Waals surface area (Å²) in [5, 5.41) is 39.0. The number of nitrogens with one attached hydrogen (secondary N) is 2. The van der Waals surface area contributed by atoms with Crippen molar-refractivity contribution < 1.29 is 77.5 Å².